The zero-order chi connectivity index (χ0) is 19.3. The highest BCUT2D eigenvalue weighted by Crippen LogP contribution is 2.31. The highest BCUT2D eigenvalue weighted by Gasteiger charge is 2.32. The number of amides is 1. The topological polar surface area (TPSA) is 102 Å². The van der Waals surface area contributed by atoms with Crippen LogP contribution in [-0.4, -0.2) is 46.7 Å². The van der Waals surface area contributed by atoms with Crippen LogP contribution in [0.15, 0.2) is 41.6 Å². The summed E-state index contributed by atoms with van der Waals surface area (Å²) >= 11 is 0. The van der Waals surface area contributed by atoms with Crippen molar-refractivity contribution in [3.63, 3.8) is 0 Å². The number of para-hydroxylation sites is 2. The number of aryl methyl sites for hydroxylation is 1. The van der Waals surface area contributed by atoms with E-state index < -0.39 is 0 Å². The largest absolute Gasteiger partial charge is 0.340 e. The summed E-state index contributed by atoms with van der Waals surface area (Å²) in [5.41, 5.74) is 2.10. The molecule has 1 aromatic carbocycles. The third-order valence-corrected chi connectivity index (χ3v) is 5.32. The predicted octanol–water partition coefficient (Wildman–Crippen LogP) is 1.37. The molecule has 3 aromatic heterocycles. The first kappa shape index (κ1) is 16.7. The van der Waals surface area contributed by atoms with E-state index in [2.05, 4.69) is 20.1 Å². The van der Waals surface area contributed by atoms with Gasteiger partial charge in [-0.1, -0.05) is 12.1 Å². The van der Waals surface area contributed by atoms with Crippen LogP contribution in [-0.2, 0) is 18.4 Å². The molecular formula is C19H19N7O2. The van der Waals surface area contributed by atoms with E-state index in [0.29, 0.717) is 17.6 Å². The Labute approximate surface area is 159 Å². The third-order valence-electron chi connectivity index (χ3n) is 5.32. The molecular weight excluding hydrogens is 358 g/mol. The number of hydrogen-bond donors (Lipinski definition) is 1. The number of aromatic nitrogens is 6. The summed E-state index contributed by atoms with van der Waals surface area (Å²) in [4.78, 5) is 39.7. The summed E-state index contributed by atoms with van der Waals surface area (Å²) in [6.45, 7) is 0.602. The highest BCUT2D eigenvalue weighted by molar-refractivity contribution is 5.79. The van der Waals surface area contributed by atoms with Gasteiger partial charge in [0.1, 0.15) is 24.1 Å². The van der Waals surface area contributed by atoms with Gasteiger partial charge in [0.2, 0.25) is 5.91 Å². The molecule has 28 heavy (non-hydrogen) atoms. The Morgan fingerprint density at radius 2 is 2.18 bits per heavy atom. The van der Waals surface area contributed by atoms with Crippen LogP contribution in [0.3, 0.4) is 0 Å². The average molecular weight is 377 g/mol. The SMILES string of the molecule is Cn1ncc2c(=O)n(CC(=O)N3CCCC3c3nc4ccccc4[nH]3)cnc21. The van der Waals surface area contributed by atoms with E-state index in [1.54, 1.807) is 16.6 Å². The fraction of sp³-hybridized carbons (Fsp3) is 0.316. The number of nitrogens with one attached hydrogen (secondary N) is 1. The minimum absolute atomic E-state index is 0.0482. The van der Waals surface area contributed by atoms with E-state index in [0.717, 1.165) is 29.7 Å². The zero-order valence-electron chi connectivity index (χ0n) is 15.4. The lowest BCUT2D eigenvalue weighted by Crippen LogP contribution is -2.36. The molecule has 9 heteroatoms. The Morgan fingerprint density at radius 3 is 3.04 bits per heavy atom. The van der Waals surface area contributed by atoms with Crippen molar-refractivity contribution in [3.8, 4) is 0 Å². The molecule has 1 amide bonds. The first-order chi connectivity index (χ1) is 13.6. The van der Waals surface area contributed by atoms with E-state index in [4.69, 9.17) is 0 Å². The molecule has 4 aromatic rings. The molecule has 0 aliphatic carbocycles. The van der Waals surface area contributed by atoms with Gasteiger partial charge >= 0.3 is 0 Å². The van der Waals surface area contributed by atoms with Crippen molar-refractivity contribution >= 4 is 28.0 Å². The zero-order valence-corrected chi connectivity index (χ0v) is 15.4. The number of benzene rings is 1. The van der Waals surface area contributed by atoms with Gasteiger partial charge < -0.3 is 9.88 Å². The van der Waals surface area contributed by atoms with Gasteiger partial charge in [-0.25, -0.2) is 9.97 Å². The van der Waals surface area contributed by atoms with Gasteiger partial charge in [-0.2, -0.15) is 5.10 Å². The van der Waals surface area contributed by atoms with Gasteiger partial charge in [0, 0.05) is 13.6 Å². The number of hydrogen-bond acceptors (Lipinski definition) is 5. The summed E-state index contributed by atoms with van der Waals surface area (Å²) in [6.07, 6.45) is 4.65. The number of carbonyl (C=O) groups is 1. The van der Waals surface area contributed by atoms with E-state index in [-0.39, 0.29) is 24.1 Å². The molecule has 142 valence electrons. The molecule has 1 N–H and O–H groups in total. The summed E-state index contributed by atoms with van der Waals surface area (Å²) in [5, 5.41) is 4.47. The van der Waals surface area contributed by atoms with Crippen molar-refractivity contribution in [2.24, 2.45) is 7.05 Å². The van der Waals surface area contributed by atoms with E-state index in [9.17, 15) is 9.59 Å². The Bertz CT molecular complexity index is 1220. The number of rotatable bonds is 3. The number of H-pyrrole nitrogens is 1. The second kappa shape index (κ2) is 6.29. The monoisotopic (exact) mass is 377 g/mol. The predicted molar refractivity (Wildman–Crippen MR) is 103 cm³/mol. The molecule has 0 saturated carbocycles. The lowest BCUT2D eigenvalue weighted by atomic mass is 10.2. The summed E-state index contributed by atoms with van der Waals surface area (Å²) in [6, 6.07) is 7.71. The van der Waals surface area contributed by atoms with Crippen LogP contribution in [0, 0.1) is 0 Å². The van der Waals surface area contributed by atoms with Crippen LogP contribution in [0.2, 0.25) is 0 Å². The summed E-state index contributed by atoms with van der Waals surface area (Å²) < 4.78 is 2.89. The molecule has 0 spiro atoms. The third kappa shape index (κ3) is 2.58. The van der Waals surface area contributed by atoms with Crippen molar-refractivity contribution in [2.75, 3.05) is 6.54 Å². The number of fused-ring (bicyclic) bond motifs is 2. The van der Waals surface area contributed by atoms with Crippen LogP contribution in [0.1, 0.15) is 24.7 Å². The maximum atomic E-state index is 13.0. The number of nitrogens with zero attached hydrogens (tertiary/aromatic N) is 6. The molecule has 0 radical (unpaired) electrons. The standard InChI is InChI=1S/C19H19N7O2/c1-24-18-12(9-21-24)19(28)25(11-20-18)10-16(27)26-8-4-7-15(26)17-22-13-5-2-3-6-14(13)23-17/h2-3,5-6,9,11,15H,4,7-8,10H2,1H3,(H,22,23). The van der Waals surface area contributed by atoms with E-state index in [1.165, 1.54) is 17.1 Å². The minimum Gasteiger partial charge on any atom is -0.340 e. The van der Waals surface area contributed by atoms with E-state index >= 15 is 0 Å². The summed E-state index contributed by atoms with van der Waals surface area (Å²) in [5.74, 6) is 0.676. The van der Waals surface area contributed by atoms with Gasteiger partial charge in [-0.05, 0) is 25.0 Å². The molecule has 0 bridgehead atoms. The van der Waals surface area contributed by atoms with Crippen LogP contribution in [0.5, 0.6) is 0 Å². The van der Waals surface area contributed by atoms with Gasteiger partial charge in [0.15, 0.2) is 5.65 Å². The van der Waals surface area contributed by atoms with Crippen LogP contribution in [0.4, 0.5) is 0 Å². The first-order valence-corrected chi connectivity index (χ1v) is 9.23. The highest BCUT2D eigenvalue weighted by atomic mass is 16.2. The lowest BCUT2D eigenvalue weighted by Gasteiger charge is -2.23. The average Bonchev–Trinajstić information content (AvgIpc) is 3.41. The quantitative estimate of drug-likeness (QED) is 0.581. The molecule has 5 rings (SSSR count). The van der Waals surface area contributed by atoms with Gasteiger partial charge in [0.05, 0.1) is 23.3 Å². The molecule has 1 saturated heterocycles. The van der Waals surface area contributed by atoms with Crippen molar-refractivity contribution < 1.29 is 4.79 Å². The molecule has 1 atom stereocenters. The molecule has 4 heterocycles. The number of carbonyl (C=O) groups excluding carboxylic acids is 1. The smallest absolute Gasteiger partial charge is 0.264 e. The fourth-order valence-corrected chi connectivity index (χ4v) is 3.90. The minimum atomic E-state index is -0.258. The molecule has 1 aliphatic rings. The van der Waals surface area contributed by atoms with Gasteiger partial charge in [-0.3, -0.25) is 18.8 Å². The van der Waals surface area contributed by atoms with Gasteiger partial charge in [0.25, 0.3) is 5.56 Å². The fourth-order valence-electron chi connectivity index (χ4n) is 3.90. The van der Waals surface area contributed by atoms with Crippen molar-refractivity contribution in [2.45, 2.75) is 25.4 Å². The van der Waals surface area contributed by atoms with Crippen LogP contribution >= 0.6 is 0 Å². The Kier molecular flexibility index (Phi) is 3.75. The van der Waals surface area contributed by atoms with Gasteiger partial charge in [-0.15, -0.1) is 0 Å². The van der Waals surface area contributed by atoms with E-state index in [1.807, 2.05) is 24.3 Å². The van der Waals surface area contributed by atoms with Crippen LogP contribution in [0.25, 0.3) is 22.1 Å². The Balaban J connectivity index is 1.43. The normalized spacial score (nSPS) is 17.0. The second-order valence-electron chi connectivity index (χ2n) is 7.07. The lowest BCUT2D eigenvalue weighted by molar-refractivity contribution is -0.133. The molecule has 1 aliphatic heterocycles. The first-order valence-electron chi connectivity index (χ1n) is 9.23. The van der Waals surface area contributed by atoms with Crippen molar-refractivity contribution in [1.29, 1.82) is 0 Å². The summed E-state index contributed by atoms with van der Waals surface area (Å²) in [7, 11) is 1.73. The molecule has 9 nitrogen and oxygen atoms in total. The second-order valence-corrected chi connectivity index (χ2v) is 7.07. The maximum absolute atomic E-state index is 13.0. The number of likely N-dealkylation sites (tertiary alicyclic amines) is 1. The number of aromatic amines is 1. The van der Waals surface area contributed by atoms with Crippen molar-refractivity contribution in [3.05, 3.63) is 53.0 Å². The molecule has 1 unspecified atom stereocenters. The number of imidazole rings is 1. The molecule has 1 fully saturated rings. The Morgan fingerprint density at radius 1 is 1.32 bits per heavy atom. The Hall–Kier alpha value is -3.49. The van der Waals surface area contributed by atoms with Crippen molar-refractivity contribution in [1.82, 2.24) is 34.2 Å². The van der Waals surface area contributed by atoms with Crippen LogP contribution < -0.4 is 5.56 Å². The maximum Gasteiger partial charge on any atom is 0.264 e.